The second kappa shape index (κ2) is 15.2. The van der Waals surface area contributed by atoms with E-state index in [1.807, 2.05) is 48.5 Å². The molecule has 0 bridgehead atoms. The summed E-state index contributed by atoms with van der Waals surface area (Å²) in [6, 6.07) is 15.4. The summed E-state index contributed by atoms with van der Waals surface area (Å²) in [5, 5.41) is 16.6. The van der Waals surface area contributed by atoms with Crippen LogP contribution in [0.25, 0.3) is 22.4 Å². The van der Waals surface area contributed by atoms with Crippen LogP contribution in [0.2, 0.25) is 5.02 Å². The standard InChI is InChI=1S/C41H41ClF3N5O6/c1-54-37-21(17-46-18-24-10-14-34(51)47-24)9-12-32(48-37)29-8-4-7-28(35(29)42)25-5-3-6-27-26(25)11-13-33(27)56-39-31(41(43,44)45)16-23(38(49-39)55-2)20-50-19-22-15-30(22)36(50)40(52)53/h3-9,12,16,22,24,30,33,36,46H,10-11,13-15,17-20H2,1-2H3,(H,47,51)(H,52,53)/t22-,24+,30?,33+,36?/m1/s1. The molecule has 3 N–H and O–H groups in total. The fraction of sp³-hybridized carbons (Fsp3) is 0.415. The average Bonchev–Trinajstić information content (AvgIpc) is 3.43. The van der Waals surface area contributed by atoms with Gasteiger partial charge in [-0.1, -0.05) is 54.1 Å². The summed E-state index contributed by atoms with van der Waals surface area (Å²) >= 11 is 7.12. The largest absolute Gasteiger partial charge is 0.481 e. The third-order valence-corrected chi connectivity index (χ3v) is 11.8. The number of carbonyl (C=O) groups is 2. The molecule has 294 valence electrons. The first-order valence-corrected chi connectivity index (χ1v) is 19.0. The van der Waals surface area contributed by atoms with Gasteiger partial charge in [0.25, 0.3) is 0 Å². The Kier molecular flexibility index (Phi) is 10.3. The van der Waals surface area contributed by atoms with Gasteiger partial charge in [-0.3, -0.25) is 14.5 Å². The number of aromatic nitrogens is 2. The van der Waals surface area contributed by atoms with Crippen molar-refractivity contribution in [3.8, 4) is 40.0 Å². The number of benzene rings is 2. The number of fused-ring (bicyclic) bond motifs is 2. The van der Waals surface area contributed by atoms with Crippen LogP contribution in [0.4, 0.5) is 13.2 Å². The number of pyridine rings is 2. The highest BCUT2D eigenvalue weighted by atomic mass is 35.5. The summed E-state index contributed by atoms with van der Waals surface area (Å²) in [5.74, 6) is -0.845. The summed E-state index contributed by atoms with van der Waals surface area (Å²) in [6.45, 7) is 1.59. The predicted octanol–water partition coefficient (Wildman–Crippen LogP) is 6.84. The van der Waals surface area contributed by atoms with Crippen molar-refractivity contribution >= 4 is 23.5 Å². The predicted molar refractivity (Wildman–Crippen MR) is 200 cm³/mol. The summed E-state index contributed by atoms with van der Waals surface area (Å²) in [7, 11) is 2.88. The molecule has 3 fully saturated rings. The maximum Gasteiger partial charge on any atom is 0.421 e. The molecule has 2 aromatic carbocycles. The molecule has 2 saturated heterocycles. The maximum absolute atomic E-state index is 14.6. The van der Waals surface area contributed by atoms with Crippen molar-refractivity contribution in [1.82, 2.24) is 25.5 Å². The topological polar surface area (TPSA) is 135 Å². The maximum atomic E-state index is 14.6. The molecule has 2 unspecified atom stereocenters. The fourth-order valence-corrected chi connectivity index (χ4v) is 8.91. The molecule has 2 aromatic heterocycles. The summed E-state index contributed by atoms with van der Waals surface area (Å²) < 4.78 is 61.0. The highest BCUT2D eigenvalue weighted by Gasteiger charge is 2.55. The normalized spacial score (nSPS) is 22.8. The number of rotatable bonds is 13. The van der Waals surface area contributed by atoms with Crippen molar-refractivity contribution < 1.29 is 42.1 Å². The number of carboxylic acids is 1. The highest BCUT2D eigenvalue weighted by molar-refractivity contribution is 6.36. The first-order chi connectivity index (χ1) is 26.9. The van der Waals surface area contributed by atoms with E-state index in [2.05, 4.69) is 15.6 Å². The van der Waals surface area contributed by atoms with E-state index in [1.54, 1.807) is 12.0 Å². The molecule has 15 heteroatoms. The number of nitrogens with zero attached hydrogens (tertiary/aromatic N) is 3. The number of hydrogen-bond donors (Lipinski definition) is 3. The Labute approximate surface area is 326 Å². The number of alkyl halides is 3. The Morgan fingerprint density at radius 1 is 0.982 bits per heavy atom. The van der Waals surface area contributed by atoms with E-state index in [9.17, 15) is 27.9 Å². The van der Waals surface area contributed by atoms with Crippen molar-refractivity contribution in [2.75, 3.05) is 27.3 Å². The zero-order valence-electron chi connectivity index (χ0n) is 30.8. The molecule has 8 rings (SSSR count). The van der Waals surface area contributed by atoms with E-state index in [0.717, 1.165) is 46.7 Å². The number of aliphatic carboxylic acids is 1. The van der Waals surface area contributed by atoms with Crippen LogP contribution in [0, 0.1) is 11.8 Å². The van der Waals surface area contributed by atoms with Crippen molar-refractivity contribution in [2.45, 2.75) is 69.6 Å². The monoisotopic (exact) mass is 791 g/mol. The number of likely N-dealkylation sites (tertiary alicyclic amines) is 1. The van der Waals surface area contributed by atoms with Crippen LogP contribution in [0.15, 0.2) is 54.6 Å². The molecule has 1 amide bonds. The van der Waals surface area contributed by atoms with E-state index >= 15 is 0 Å². The Morgan fingerprint density at radius 3 is 2.46 bits per heavy atom. The van der Waals surface area contributed by atoms with Crippen molar-refractivity contribution in [3.63, 3.8) is 0 Å². The molecule has 56 heavy (non-hydrogen) atoms. The van der Waals surface area contributed by atoms with Gasteiger partial charge in [0.15, 0.2) is 0 Å². The number of methoxy groups -OCH3 is 2. The lowest BCUT2D eigenvalue weighted by atomic mass is 9.94. The quantitative estimate of drug-likeness (QED) is 0.132. The Balaban J connectivity index is 1.04. The molecule has 4 aliphatic rings. The number of carbonyl (C=O) groups excluding carboxylic acids is 1. The van der Waals surface area contributed by atoms with Gasteiger partial charge in [-0.15, -0.1) is 0 Å². The third-order valence-electron chi connectivity index (χ3n) is 11.4. The van der Waals surface area contributed by atoms with Crippen molar-refractivity contribution in [1.29, 1.82) is 0 Å². The van der Waals surface area contributed by atoms with E-state index in [-0.39, 0.29) is 41.8 Å². The van der Waals surface area contributed by atoms with Gasteiger partial charge >= 0.3 is 12.1 Å². The van der Waals surface area contributed by atoms with Crippen molar-refractivity contribution in [2.24, 2.45) is 11.8 Å². The zero-order chi connectivity index (χ0) is 39.3. The molecular weight excluding hydrogens is 751 g/mol. The Bertz CT molecular complexity index is 2190. The van der Waals surface area contributed by atoms with Crippen LogP contribution >= 0.6 is 11.6 Å². The van der Waals surface area contributed by atoms with E-state index in [1.165, 1.54) is 7.11 Å². The van der Waals surface area contributed by atoms with Gasteiger partial charge < -0.3 is 30.0 Å². The molecule has 0 radical (unpaired) electrons. The molecule has 4 aromatic rings. The van der Waals surface area contributed by atoms with Gasteiger partial charge in [0.1, 0.15) is 17.7 Å². The fourth-order valence-electron chi connectivity index (χ4n) is 8.58. The second-order valence-electron chi connectivity index (χ2n) is 14.9. The van der Waals surface area contributed by atoms with Gasteiger partial charge in [-0.25, -0.2) is 4.98 Å². The lowest BCUT2D eigenvalue weighted by Gasteiger charge is -2.26. The number of carboxylic acid groups (broad SMARTS) is 1. The van der Waals surface area contributed by atoms with E-state index < -0.39 is 35.7 Å². The van der Waals surface area contributed by atoms with Gasteiger partial charge in [0.05, 0.1) is 24.9 Å². The zero-order valence-corrected chi connectivity index (χ0v) is 31.5. The molecule has 1 saturated carbocycles. The summed E-state index contributed by atoms with van der Waals surface area (Å²) in [4.78, 5) is 34.2. The SMILES string of the molecule is COc1nc(-c2cccc(-c3cccc4c3CC[C@@H]4Oc3nc(OC)c(CN4C[C@H]5CC5C4C(=O)O)cc3C(F)(F)F)c2Cl)ccc1CNC[C@@H]1CCC(=O)N1. The molecule has 4 heterocycles. The number of nitrogens with one attached hydrogen (secondary N) is 2. The van der Waals surface area contributed by atoms with Gasteiger partial charge in [0.2, 0.25) is 23.5 Å². The van der Waals surface area contributed by atoms with Crippen LogP contribution in [-0.2, 0) is 35.3 Å². The first-order valence-electron chi connectivity index (χ1n) is 18.7. The number of halogens is 4. The minimum absolute atomic E-state index is 0.0143. The van der Waals surface area contributed by atoms with Gasteiger partial charge in [-0.2, -0.15) is 18.2 Å². The highest BCUT2D eigenvalue weighted by Crippen LogP contribution is 2.51. The molecule has 0 spiro atoms. The Morgan fingerprint density at radius 2 is 1.73 bits per heavy atom. The minimum atomic E-state index is -4.79. The molecule has 5 atom stereocenters. The van der Waals surface area contributed by atoms with Crippen LogP contribution in [0.1, 0.15) is 59.6 Å². The van der Waals surface area contributed by atoms with Crippen LogP contribution < -0.4 is 24.8 Å². The van der Waals surface area contributed by atoms with Crippen LogP contribution in [0.5, 0.6) is 17.6 Å². The summed E-state index contributed by atoms with van der Waals surface area (Å²) in [6.07, 6.45) is -2.43. The molecule has 11 nitrogen and oxygen atoms in total. The van der Waals surface area contributed by atoms with E-state index in [4.69, 9.17) is 30.8 Å². The number of amides is 1. The lowest BCUT2D eigenvalue weighted by Crippen LogP contribution is -2.39. The molecule has 2 aliphatic heterocycles. The second-order valence-corrected chi connectivity index (χ2v) is 15.2. The first kappa shape index (κ1) is 38.0. The van der Waals surface area contributed by atoms with E-state index in [0.29, 0.717) is 61.1 Å². The Hall–Kier alpha value is -4.92. The lowest BCUT2D eigenvalue weighted by molar-refractivity contribution is -0.143. The third kappa shape index (κ3) is 7.37. The number of piperidine rings is 1. The number of hydrogen-bond acceptors (Lipinski definition) is 9. The minimum Gasteiger partial charge on any atom is -0.481 e. The van der Waals surface area contributed by atoms with Gasteiger partial charge in [0, 0.05) is 60.9 Å². The van der Waals surface area contributed by atoms with Crippen molar-refractivity contribution in [3.05, 3.63) is 87.4 Å². The molecular formula is C41H41ClF3N5O6. The van der Waals surface area contributed by atoms with Crippen LogP contribution in [0.3, 0.4) is 0 Å². The van der Waals surface area contributed by atoms with Gasteiger partial charge in [-0.05, 0) is 66.3 Å². The summed E-state index contributed by atoms with van der Waals surface area (Å²) in [5.41, 5.74) is 4.47. The average molecular weight is 792 g/mol. The smallest absolute Gasteiger partial charge is 0.421 e. The number of ether oxygens (including phenoxy) is 3. The molecule has 2 aliphatic carbocycles. The van der Waals surface area contributed by atoms with Crippen LogP contribution in [-0.4, -0.2) is 71.2 Å².